The Bertz CT molecular complexity index is 454. The van der Waals surface area contributed by atoms with Crippen molar-refractivity contribution in [2.45, 2.75) is 38.0 Å². The highest BCUT2D eigenvalue weighted by atomic mass is 79.9. The number of benzene rings is 1. The average molecular weight is 314 g/mol. The van der Waals surface area contributed by atoms with E-state index in [-0.39, 0.29) is 11.2 Å². The molecule has 1 saturated carbocycles. The second kappa shape index (κ2) is 5.10. The fourth-order valence-corrected chi connectivity index (χ4v) is 4.29. The van der Waals surface area contributed by atoms with Crippen LogP contribution in [0.2, 0.25) is 0 Å². The van der Waals surface area contributed by atoms with Crippen molar-refractivity contribution in [3.05, 3.63) is 21.7 Å². The number of ether oxygens (including phenoxy) is 1. The molecule has 0 aromatic heterocycles. The van der Waals surface area contributed by atoms with Gasteiger partial charge in [-0.15, -0.1) is 0 Å². The van der Waals surface area contributed by atoms with Gasteiger partial charge in [-0.3, -0.25) is 0 Å². The number of hydrogen-bond donors (Lipinski definition) is 2. The van der Waals surface area contributed by atoms with Gasteiger partial charge in [0.15, 0.2) is 11.5 Å². The van der Waals surface area contributed by atoms with Gasteiger partial charge in [0.05, 0.1) is 11.6 Å². The van der Waals surface area contributed by atoms with Crippen molar-refractivity contribution in [3.63, 3.8) is 0 Å². The summed E-state index contributed by atoms with van der Waals surface area (Å²) in [6.45, 7) is 2.66. The molecule has 3 nitrogen and oxygen atoms in total. The van der Waals surface area contributed by atoms with Crippen LogP contribution in [-0.4, -0.2) is 18.8 Å². The monoisotopic (exact) mass is 313 g/mol. The molecule has 3 N–H and O–H groups in total. The van der Waals surface area contributed by atoms with Crippen LogP contribution in [0, 0.1) is 6.92 Å². The predicted molar refractivity (Wildman–Crippen MR) is 76.3 cm³/mol. The first-order valence-electron chi connectivity index (χ1n) is 6.32. The fourth-order valence-electron chi connectivity index (χ4n) is 3.20. The van der Waals surface area contributed by atoms with Crippen LogP contribution in [0.5, 0.6) is 11.5 Å². The summed E-state index contributed by atoms with van der Waals surface area (Å²) in [4.78, 5) is 0. The quantitative estimate of drug-likeness (QED) is 0.900. The molecular weight excluding hydrogens is 294 g/mol. The van der Waals surface area contributed by atoms with Crippen molar-refractivity contribution in [2.24, 2.45) is 5.73 Å². The van der Waals surface area contributed by atoms with Crippen LogP contribution in [0.4, 0.5) is 0 Å². The number of rotatable bonds is 3. The normalized spacial score (nSPS) is 18.0. The number of hydrogen-bond acceptors (Lipinski definition) is 3. The molecule has 0 bridgehead atoms. The van der Waals surface area contributed by atoms with E-state index in [9.17, 15) is 5.11 Å². The first kappa shape index (κ1) is 13.7. The zero-order valence-corrected chi connectivity index (χ0v) is 12.5. The molecule has 0 saturated heterocycles. The third-order valence-corrected chi connectivity index (χ3v) is 4.84. The van der Waals surface area contributed by atoms with E-state index in [0.717, 1.165) is 22.9 Å². The molecule has 100 valence electrons. The minimum Gasteiger partial charge on any atom is -0.504 e. The van der Waals surface area contributed by atoms with Gasteiger partial charge in [0.25, 0.3) is 0 Å². The van der Waals surface area contributed by atoms with E-state index in [0.29, 0.717) is 12.3 Å². The van der Waals surface area contributed by atoms with Gasteiger partial charge >= 0.3 is 0 Å². The Morgan fingerprint density at radius 1 is 1.44 bits per heavy atom. The van der Waals surface area contributed by atoms with Crippen molar-refractivity contribution in [2.75, 3.05) is 13.7 Å². The van der Waals surface area contributed by atoms with E-state index >= 15 is 0 Å². The lowest BCUT2D eigenvalue weighted by Crippen LogP contribution is -2.33. The molecule has 0 amide bonds. The molecule has 2 rings (SSSR count). The summed E-state index contributed by atoms with van der Waals surface area (Å²) >= 11 is 3.59. The number of phenols is 1. The molecule has 0 radical (unpaired) electrons. The molecule has 1 aliphatic rings. The zero-order valence-electron chi connectivity index (χ0n) is 10.9. The van der Waals surface area contributed by atoms with Gasteiger partial charge in [-0.2, -0.15) is 0 Å². The summed E-state index contributed by atoms with van der Waals surface area (Å²) in [6, 6.07) is 1.77. The number of aryl methyl sites for hydroxylation is 1. The molecule has 0 atom stereocenters. The van der Waals surface area contributed by atoms with Crippen molar-refractivity contribution in [1.82, 2.24) is 0 Å². The van der Waals surface area contributed by atoms with Crippen LogP contribution >= 0.6 is 15.9 Å². The molecule has 0 heterocycles. The lowest BCUT2D eigenvalue weighted by Gasteiger charge is -2.31. The molecule has 0 spiro atoms. The number of methoxy groups -OCH3 is 1. The lowest BCUT2D eigenvalue weighted by molar-refractivity contribution is 0.365. The van der Waals surface area contributed by atoms with Gasteiger partial charge in [0.1, 0.15) is 0 Å². The smallest absolute Gasteiger partial charge is 0.174 e. The van der Waals surface area contributed by atoms with Crippen LogP contribution in [0.15, 0.2) is 10.5 Å². The number of aromatic hydroxyl groups is 1. The summed E-state index contributed by atoms with van der Waals surface area (Å²) in [5.41, 5.74) is 8.36. The van der Waals surface area contributed by atoms with Gasteiger partial charge in [-0.25, -0.2) is 0 Å². The Hall–Kier alpha value is -0.740. The second-order valence-corrected chi connectivity index (χ2v) is 5.92. The van der Waals surface area contributed by atoms with Crippen LogP contribution in [0.3, 0.4) is 0 Å². The molecule has 1 fully saturated rings. The maximum Gasteiger partial charge on any atom is 0.174 e. The van der Waals surface area contributed by atoms with E-state index in [1.807, 2.05) is 6.92 Å². The van der Waals surface area contributed by atoms with Gasteiger partial charge in [0.2, 0.25) is 0 Å². The number of nitrogens with two attached hydrogens (primary N) is 1. The standard InChI is InChI=1S/C14H20BrNO2/c1-9-7-10(17)13(18-2)12(15)11(9)14(8-16)5-3-4-6-14/h7,17H,3-6,8,16H2,1-2H3. The molecular formula is C14H20BrNO2. The molecule has 18 heavy (non-hydrogen) atoms. The summed E-state index contributed by atoms with van der Waals surface area (Å²) in [5, 5.41) is 9.91. The maximum atomic E-state index is 9.91. The molecule has 1 aromatic carbocycles. The summed E-state index contributed by atoms with van der Waals surface area (Å²) in [5.74, 6) is 0.686. The highest BCUT2D eigenvalue weighted by Crippen LogP contribution is 2.49. The van der Waals surface area contributed by atoms with Crippen molar-refractivity contribution < 1.29 is 9.84 Å². The minimum absolute atomic E-state index is 0.0316. The summed E-state index contributed by atoms with van der Waals surface area (Å²) in [6.07, 6.45) is 4.65. The predicted octanol–water partition coefficient (Wildman–Crippen LogP) is 3.24. The van der Waals surface area contributed by atoms with E-state index < -0.39 is 0 Å². The SMILES string of the molecule is COc1c(O)cc(C)c(C2(CN)CCCC2)c1Br. The van der Waals surface area contributed by atoms with Crippen LogP contribution in [0.1, 0.15) is 36.8 Å². The maximum absolute atomic E-state index is 9.91. The Morgan fingerprint density at radius 3 is 2.56 bits per heavy atom. The Labute approximate surface area is 116 Å². The lowest BCUT2D eigenvalue weighted by atomic mass is 9.77. The van der Waals surface area contributed by atoms with Gasteiger partial charge < -0.3 is 15.6 Å². The minimum atomic E-state index is 0.0316. The van der Waals surface area contributed by atoms with Gasteiger partial charge in [0, 0.05) is 12.0 Å². The van der Waals surface area contributed by atoms with Crippen LogP contribution < -0.4 is 10.5 Å². The first-order chi connectivity index (χ1) is 8.55. The van der Waals surface area contributed by atoms with Gasteiger partial charge in [-0.05, 0) is 52.9 Å². The fraction of sp³-hybridized carbons (Fsp3) is 0.571. The van der Waals surface area contributed by atoms with Crippen molar-refractivity contribution in [3.8, 4) is 11.5 Å². The summed E-state index contributed by atoms with van der Waals surface area (Å²) in [7, 11) is 1.57. The van der Waals surface area contributed by atoms with Crippen LogP contribution in [0.25, 0.3) is 0 Å². The first-order valence-corrected chi connectivity index (χ1v) is 7.11. The zero-order chi connectivity index (χ0) is 13.3. The number of phenolic OH excluding ortho intramolecular Hbond substituents is 1. The highest BCUT2D eigenvalue weighted by molar-refractivity contribution is 9.10. The highest BCUT2D eigenvalue weighted by Gasteiger charge is 2.38. The van der Waals surface area contributed by atoms with Crippen LogP contribution in [-0.2, 0) is 5.41 Å². The molecule has 0 aliphatic heterocycles. The molecule has 1 aromatic rings. The third-order valence-electron chi connectivity index (χ3n) is 4.08. The van der Waals surface area contributed by atoms with E-state index in [1.54, 1.807) is 13.2 Å². The van der Waals surface area contributed by atoms with Gasteiger partial charge in [-0.1, -0.05) is 12.8 Å². The Morgan fingerprint density at radius 2 is 2.06 bits per heavy atom. The topological polar surface area (TPSA) is 55.5 Å². The number of halogens is 1. The molecule has 0 unspecified atom stereocenters. The Kier molecular flexibility index (Phi) is 3.87. The van der Waals surface area contributed by atoms with Crippen molar-refractivity contribution >= 4 is 15.9 Å². The summed E-state index contributed by atoms with van der Waals surface area (Å²) < 4.78 is 6.14. The van der Waals surface area contributed by atoms with E-state index in [2.05, 4.69) is 15.9 Å². The Balaban J connectivity index is 2.63. The van der Waals surface area contributed by atoms with E-state index in [1.165, 1.54) is 18.4 Å². The molecule has 1 aliphatic carbocycles. The van der Waals surface area contributed by atoms with E-state index in [4.69, 9.17) is 10.5 Å². The second-order valence-electron chi connectivity index (χ2n) is 5.13. The molecule has 4 heteroatoms. The average Bonchev–Trinajstić information content (AvgIpc) is 2.78. The third kappa shape index (κ3) is 2.01. The van der Waals surface area contributed by atoms with Crippen molar-refractivity contribution in [1.29, 1.82) is 0 Å². The largest absolute Gasteiger partial charge is 0.504 e.